The Bertz CT molecular complexity index is 173. The van der Waals surface area contributed by atoms with E-state index in [4.69, 9.17) is 4.74 Å². The molecule has 4 heteroatoms. The Hall–Kier alpha value is -0.220. The average molecular weight is 202 g/mol. The zero-order valence-electron chi connectivity index (χ0n) is 8.38. The zero-order valence-corrected chi connectivity index (χ0v) is 9.19. The lowest BCUT2D eigenvalue weighted by Crippen LogP contribution is -2.26. The molecule has 1 atom stereocenters. The number of nitrogens with one attached hydrogen (secondary N) is 1. The van der Waals surface area contributed by atoms with E-state index in [0.29, 0.717) is 6.04 Å². The van der Waals surface area contributed by atoms with Crippen LogP contribution in [0.15, 0.2) is 4.99 Å². The highest BCUT2D eigenvalue weighted by molar-refractivity contribution is 8.14. The monoisotopic (exact) mass is 202 g/mol. The van der Waals surface area contributed by atoms with Crippen LogP contribution in [0.25, 0.3) is 0 Å². The second kappa shape index (κ2) is 6.27. The molecule has 1 N–H and O–H groups in total. The third kappa shape index (κ3) is 4.00. The standard InChI is InChI=1S/C9H18N2OS/c1-3-8-7-13-9(11-8)10-5-6-12-4-2/h8H,3-7H2,1-2H3,(H,10,11). The molecule has 0 bridgehead atoms. The molecule has 0 spiro atoms. The van der Waals surface area contributed by atoms with Crippen molar-refractivity contribution >= 4 is 16.9 Å². The Morgan fingerprint density at radius 1 is 1.62 bits per heavy atom. The van der Waals surface area contributed by atoms with E-state index in [-0.39, 0.29) is 0 Å². The number of aliphatic imine (C=N–C) groups is 1. The third-order valence-electron chi connectivity index (χ3n) is 1.94. The summed E-state index contributed by atoms with van der Waals surface area (Å²) in [6.45, 7) is 6.49. The minimum atomic E-state index is 0.621. The summed E-state index contributed by atoms with van der Waals surface area (Å²) in [7, 11) is 0. The van der Waals surface area contributed by atoms with Crippen LogP contribution in [0.5, 0.6) is 0 Å². The highest BCUT2D eigenvalue weighted by atomic mass is 32.2. The van der Waals surface area contributed by atoms with Crippen LogP contribution < -0.4 is 5.32 Å². The van der Waals surface area contributed by atoms with Gasteiger partial charge in [0.05, 0.1) is 13.2 Å². The first-order valence-electron chi connectivity index (χ1n) is 4.88. The molecule has 1 heterocycles. The van der Waals surface area contributed by atoms with Crippen molar-refractivity contribution in [2.24, 2.45) is 4.99 Å². The fraction of sp³-hybridized carbons (Fsp3) is 0.889. The van der Waals surface area contributed by atoms with Crippen LogP contribution in [-0.2, 0) is 4.74 Å². The summed E-state index contributed by atoms with van der Waals surface area (Å²) in [6.07, 6.45) is 1.18. The van der Waals surface area contributed by atoms with Crippen LogP contribution >= 0.6 is 11.8 Å². The van der Waals surface area contributed by atoms with Gasteiger partial charge in [0.1, 0.15) is 0 Å². The van der Waals surface area contributed by atoms with Gasteiger partial charge in [-0.15, -0.1) is 0 Å². The molecule has 0 saturated carbocycles. The van der Waals surface area contributed by atoms with Crippen LogP contribution in [0, 0.1) is 0 Å². The first kappa shape index (κ1) is 10.9. The maximum Gasteiger partial charge on any atom is 0.156 e. The topological polar surface area (TPSA) is 33.6 Å². The zero-order chi connectivity index (χ0) is 9.52. The summed E-state index contributed by atoms with van der Waals surface area (Å²) < 4.78 is 5.20. The maximum absolute atomic E-state index is 5.20. The van der Waals surface area contributed by atoms with Gasteiger partial charge in [0.25, 0.3) is 0 Å². The number of ether oxygens (including phenoxy) is 1. The minimum absolute atomic E-state index is 0.621. The Labute approximate surface area is 84.3 Å². The molecule has 0 aromatic rings. The van der Waals surface area contributed by atoms with Gasteiger partial charge in [0.15, 0.2) is 5.17 Å². The molecule has 0 aromatic carbocycles. The molecule has 76 valence electrons. The molecule has 3 nitrogen and oxygen atoms in total. The summed E-state index contributed by atoms with van der Waals surface area (Å²) >= 11 is 1.82. The number of hydrogen-bond acceptors (Lipinski definition) is 3. The van der Waals surface area contributed by atoms with Gasteiger partial charge in [-0.05, 0) is 13.3 Å². The quantitative estimate of drug-likeness (QED) is 0.686. The lowest BCUT2D eigenvalue weighted by molar-refractivity contribution is 0.156. The van der Waals surface area contributed by atoms with Gasteiger partial charge in [-0.2, -0.15) is 0 Å². The minimum Gasteiger partial charge on any atom is -0.380 e. The highest BCUT2D eigenvalue weighted by Gasteiger charge is 2.17. The van der Waals surface area contributed by atoms with Crippen molar-refractivity contribution in [1.29, 1.82) is 0 Å². The molecule has 0 amide bonds. The molecule has 0 radical (unpaired) electrons. The third-order valence-corrected chi connectivity index (χ3v) is 3.03. The van der Waals surface area contributed by atoms with Gasteiger partial charge in [-0.25, -0.2) is 0 Å². The van der Waals surface area contributed by atoms with Crippen LogP contribution in [0.3, 0.4) is 0 Å². The summed E-state index contributed by atoms with van der Waals surface area (Å²) in [5, 5.41) is 4.46. The fourth-order valence-electron chi connectivity index (χ4n) is 1.10. The van der Waals surface area contributed by atoms with E-state index in [0.717, 1.165) is 30.7 Å². The number of thioether (sulfide) groups is 1. The molecule has 13 heavy (non-hydrogen) atoms. The Morgan fingerprint density at radius 2 is 2.46 bits per heavy atom. The van der Waals surface area contributed by atoms with Crippen molar-refractivity contribution in [2.45, 2.75) is 26.3 Å². The van der Waals surface area contributed by atoms with Gasteiger partial charge in [0, 0.05) is 18.4 Å². The predicted molar refractivity (Wildman–Crippen MR) is 58.5 cm³/mol. The molecule has 1 aliphatic rings. The smallest absolute Gasteiger partial charge is 0.156 e. The van der Waals surface area contributed by atoms with Crippen LogP contribution in [0.4, 0.5) is 0 Å². The van der Waals surface area contributed by atoms with Crippen molar-refractivity contribution < 1.29 is 4.74 Å². The lowest BCUT2D eigenvalue weighted by atomic mass is 10.3. The summed E-state index contributed by atoms with van der Waals surface area (Å²) in [4.78, 5) is 4.40. The Morgan fingerprint density at radius 3 is 3.08 bits per heavy atom. The molecule has 1 fully saturated rings. The van der Waals surface area contributed by atoms with E-state index >= 15 is 0 Å². The largest absolute Gasteiger partial charge is 0.380 e. The molecule has 0 aromatic heterocycles. The Balaban J connectivity index is 2.13. The molecular weight excluding hydrogens is 184 g/mol. The predicted octanol–water partition coefficient (Wildman–Crippen LogP) is 1.49. The van der Waals surface area contributed by atoms with E-state index in [1.54, 1.807) is 0 Å². The second-order valence-electron chi connectivity index (χ2n) is 2.94. The maximum atomic E-state index is 5.20. The van der Waals surface area contributed by atoms with E-state index in [2.05, 4.69) is 17.2 Å². The first-order valence-corrected chi connectivity index (χ1v) is 5.86. The average Bonchev–Trinajstić information content (AvgIpc) is 2.60. The van der Waals surface area contributed by atoms with Gasteiger partial charge in [-0.3, -0.25) is 4.99 Å². The van der Waals surface area contributed by atoms with Crippen LogP contribution in [0.1, 0.15) is 20.3 Å². The lowest BCUT2D eigenvalue weighted by Gasteiger charge is -2.04. The van der Waals surface area contributed by atoms with Crippen molar-refractivity contribution in [2.75, 3.05) is 25.5 Å². The van der Waals surface area contributed by atoms with Gasteiger partial charge in [0.2, 0.25) is 0 Å². The fourth-order valence-corrected chi connectivity index (χ4v) is 2.22. The van der Waals surface area contributed by atoms with Gasteiger partial charge < -0.3 is 10.1 Å². The number of rotatable bonds is 5. The number of nitrogens with zero attached hydrogens (tertiary/aromatic N) is 1. The summed E-state index contributed by atoms with van der Waals surface area (Å²) in [5.74, 6) is 1.16. The van der Waals surface area contributed by atoms with E-state index in [1.165, 1.54) is 6.42 Å². The van der Waals surface area contributed by atoms with Crippen molar-refractivity contribution in [3.05, 3.63) is 0 Å². The molecule has 1 aliphatic heterocycles. The van der Waals surface area contributed by atoms with Gasteiger partial charge in [-0.1, -0.05) is 18.7 Å². The van der Waals surface area contributed by atoms with Crippen molar-refractivity contribution in [1.82, 2.24) is 5.32 Å². The van der Waals surface area contributed by atoms with E-state index < -0.39 is 0 Å². The van der Waals surface area contributed by atoms with Crippen LogP contribution in [-0.4, -0.2) is 36.7 Å². The van der Waals surface area contributed by atoms with Gasteiger partial charge >= 0.3 is 0 Å². The van der Waals surface area contributed by atoms with Crippen molar-refractivity contribution in [3.8, 4) is 0 Å². The molecule has 0 aliphatic carbocycles. The number of hydrogen-bond donors (Lipinski definition) is 1. The SMILES string of the molecule is CCOCCN=C1NC(CC)CS1. The second-order valence-corrected chi connectivity index (χ2v) is 3.95. The molecule has 1 rings (SSSR count). The highest BCUT2D eigenvalue weighted by Crippen LogP contribution is 2.15. The molecule has 1 saturated heterocycles. The van der Waals surface area contributed by atoms with Crippen LogP contribution in [0.2, 0.25) is 0 Å². The summed E-state index contributed by atoms with van der Waals surface area (Å²) in [6, 6.07) is 0.621. The number of amidine groups is 1. The normalized spacial score (nSPS) is 25.1. The molecular formula is C9H18N2OS. The van der Waals surface area contributed by atoms with Crippen molar-refractivity contribution in [3.63, 3.8) is 0 Å². The molecule has 1 unspecified atom stereocenters. The van der Waals surface area contributed by atoms with E-state index in [1.807, 2.05) is 18.7 Å². The Kier molecular flexibility index (Phi) is 5.23. The van der Waals surface area contributed by atoms with E-state index in [9.17, 15) is 0 Å². The summed E-state index contributed by atoms with van der Waals surface area (Å²) in [5.41, 5.74) is 0. The first-order chi connectivity index (χ1) is 6.36.